The molecule has 1 fully saturated rings. The molecule has 5 nitrogen and oxygen atoms in total. The lowest BCUT2D eigenvalue weighted by atomic mass is 10.2. The molecule has 0 saturated carbocycles. The van der Waals surface area contributed by atoms with Crippen LogP contribution < -0.4 is 15.1 Å². The fourth-order valence-electron chi connectivity index (χ4n) is 2.94. The SMILES string of the molecule is CC(C)NC(=O)c1ccnc(N2CCN(c3cccc(Cl)c3)CC2)c1. The number of carbonyl (C=O) groups excluding carboxylic acids is 1. The molecule has 3 rings (SSSR count). The molecule has 6 heteroatoms. The second-order valence-electron chi connectivity index (χ2n) is 6.48. The van der Waals surface area contributed by atoms with Crippen LogP contribution in [0.4, 0.5) is 11.5 Å². The van der Waals surface area contributed by atoms with Gasteiger partial charge in [-0.1, -0.05) is 17.7 Å². The number of piperazine rings is 1. The van der Waals surface area contributed by atoms with E-state index in [1.54, 1.807) is 12.3 Å². The average Bonchev–Trinajstić information content (AvgIpc) is 2.61. The summed E-state index contributed by atoms with van der Waals surface area (Å²) in [5.41, 5.74) is 1.79. The Morgan fingerprint density at radius 2 is 1.84 bits per heavy atom. The van der Waals surface area contributed by atoms with Gasteiger partial charge in [0.1, 0.15) is 5.82 Å². The van der Waals surface area contributed by atoms with E-state index >= 15 is 0 Å². The lowest BCUT2D eigenvalue weighted by Crippen LogP contribution is -2.46. The van der Waals surface area contributed by atoms with Gasteiger partial charge in [-0.3, -0.25) is 4.79 Å². The highest BCUT2D eigenvalue weighted by Gasteiger charge is 2.19. The number of aromatic nitrogens is 1. The van der Waals surface area contributed by atoms with Gasteiger partial charge in [0.15, 0.2) is 0 Å². The lowest BCUT2D eigenvalue weighted by Gasteiger charge is -2.36. The van der Waals surface area contributed by atoms with E-state index < -0.39 is 0 Å². The first-order chi connectivity index (χ1) is 12.0. The third-order valence-electron chi connectivity index (χ3n) is 4.20. The molecule has 2 heterocycles. The van der Waals surface area contributed by atoms with Gasteiger partial charge >= 0.3 is 0 Å². The summed E-state index contributed by atoms with van der Waals surface area (Å²) in [6.07, 6.45) is 1.70. The standard InChI is InChI=1S/C19H23ClN4O/c1-14(2)22-19(25)15-6-7-21-18(12-15)24-10-8-23(9-11-24)17-5-3-4-16(20)13-17/h3-7,12-14H,8-11H2,1-2H3,(H,22,25). The molecular formula is C19H23ClN4O. The van der Waals surface area contributed by atoms with Gasteiger partial charge in [-0.05, 0) is 44.2 Å². The van der Waals surface area contributed by atoms with E-state index in [-0.39, 0.29) is 11.9 Å². The molecule has 0 aliphatic carbocycles. The molecule has 1 aliphatic rings. The number of amides is 1. The van der Waals surface area contributed by atoms with E-state index in [2.05, 4.69) is 26.2 Å². The summed E-state index contributed by atoms with van der Waals surface area (Å²) in [4.78, 5) is 21.2. The lowest BCUT2D eigenvalue weighted by molar-refractivity contribution is 0.0943. The second kappa shape index (κ2) is 7.74. The topological polar surface area (TPSA) is 48.5 Å². The highest BCUT2D eigenvalue weighted by Crippen LogP contribution is 2.22. The maximum absolute atomic E-state index is 12.2. The number of rotatable bonds is 4. The van der Waals surface area contributed by atoms with Gasteiger partial charge in [0, 0.05) is 54.7 Å². The van der Waals surface area contributed by atoms with Crippen LogP contribution in [-0.2, 0) is 0 Å². The summed E-state index contributed by atoms with van der Waals surface area (Å²) >= 11 is 6.09. The van der Waals surface area contributed by atoms with Crippen LogP contribution in [0, 0.1) is 0 Å². The summed E-state index contributed by atoms with van der Waals surface area (Å²) < 4.78 is 0. The zero-order valence-electron chi connectivity index (χ0n) is 14.6. The Morgan fingerprint density at radius 3 is 2.52 bits per heavy atom. The van der Waals surface area contributed by atoms with Gasteiger partial charge in [0.05, 0.1) is 0 Å². The van der Waals surface area contributed by atoms with Crippen molar-refractivity contribution < 1.29 is 4.79 Å². The molecule has 0 bridgehead atoms. The summed E-state index contributed by atoms with van der Waals surface area (Å²) in [5, 5.41) is 3.67. The Hall–Kier alpha value is -2.27. The minimum absolute atomic E-state index is 0.0591. The second-order valence-corrected chi connectivity index (χ2v) is 6.92. The van der Waals surface area contributed by atoms with Crippen molar-refractivity contribution in [2.75, 3.05) is 36.0 Å². The number of hydrogen-bond acceptors (Lipinski definition) is 4. The maximum atomic E-state index is 12.2. The molecule has 0 atom stereocenters. The average molecular weight is 359 g/mol. The van der Waals surface area contributed by atoms with Crippen LogP contribution in [0.1, 0.15) is 24.2 Å². The van der Waals surface area contributed by atoms with Crippen molar-refractivity contribution in [3.63, 3.8) is 0 Å². The smallest absolute Gasteiger partial charge is 0.251 e. The summed E-state index contributed by atoms with van der Waals surface area (Å²) in [7, 11) is 0. The van der Waals surface area contributed by atoms with E-state index in [0.29, 0.717) is 5.56 Å². The number of benzene rings is 1. The Labute approximate surface area is 153 Å². The number of hydrogen-bond donors (Lipinski definition) is 1. The molecule has 0 radical (unpaired) electrons. The molecule has 1 N–H and O–H groups in total. The summed E-state index contributed by atoms with van der Waals surface area (Å²) in [6.45, 7) is 7.41. The third kappa shape index (κ3) is 4.42. The number of nitrogens with zero attached hydrogens (tertiary/aromatic N) is 3. The van der Waals surface area contributed by atoms with Gasteiger partial charge in [0.2, 0.25) is 0 Å². The first kappa shape index (κ1) is 17.5. The monoisotopic (exact) mass is 358 g/mol. The largest absolute Gasteiger partial charge is 0.368 e. The van der Waals surface area contributed by atoms with Crippen molar-refractivity contribution in [1.29, 1.82) is 0 Å². The van der Waals surface area contributed by atoms with Crippen molar-refractivity contribution in [2.45, 2.75) is 19.9 Å². The van der Waals surface area contributed by atoms with Crippen molar-refractivity contribution in [3.8, 4) is 0 Å². The van der Waals surface area contributed by atoms with Gasteiger partial charge in [-0.2, -0.15) is 0 Å². The predicted molar refractivity (Wildman–Crippen MR) is 103 cm³/mol. The molecule has 0 spiro atoms. The van der Waals surface area contributed by atoms with E-state index in [1.165, 1.54) is 0 Å². The molecule has 25 heavy (non-hydrogen) atoms. The molecular weight excluding hydrogens is 336 g/mol. The molecule has 132 valence electrons. The molecule has 2 aromatic rings. The maximum Gasteiger partial charge on any atom is 0.251 e. The minimum atomic E-state index is -0.0591. The van der Waals surface area contributed by atoms with E-state index in [0.717, 1.165) is 42.7 Å². The molecule has 1 aliphatic heterocycles. The van der Waals surface area contributed by atoms with Crippen LogP contribution >= 0.6 is 11.6 Å². The van der Waals surface area contributed by atoms with Gasteiger partial charge in [0.25, 0.3) is 5.91 Å². The quantitative estimate of drug-likeness (QED) is 0.911. The van der Waals surface area contributed by atoms with Crippen LogP contribution in [0.25, 0.3) is 0 Å². The third-order valence-corrected chi connectivity index (χ3v) is 4.44. The highest BCUT2D eigenvalue weighted by molar-refractivity contribution is 6.30. The van der Waals surface area contributed by atoms with E-state index in [9.17, 15) is 4.79 Å². The van der Waals surface area contributed by atoms with Crippen molar-refractivity contribution in [2.24, 2.45) is 0 Å². The van der Waals surface area contributed by atoms with Crippen molar-refractivity contribution in [1.82, 2.24) is 10.3 Å². The highest BCUT2D eigenvalue weighted by atomic mass is 35.5. The predicted octanol–water partition coefficient (Wildman–Crippen LogP) is 3.20. The van der Waals surface area contributed by atoms with Gasteiger partial charge < -0.3 is 15.1 Å². The van der Waals surface area contributed by atoms with Crippen LogP contribution in [0.2, 0.25) is 5.02 Å². The van der Waals surface area contributed by atoms with Crippen molar-refractivity contribution in [3.05, 3.63) is 53.2 Å². The van der Waals surface area contributed by atoms with Crippen LogP contribution in [-0.4, -0.2) is 43.1 Å². The molecule has 1 amide bonds. The number of halogens is 1. The Morgan fingerprint density at radius 1 is 1.12 bits per heavy atom. The van der Waals surface area contributed by atoms with E-state index in [1.807, 2.05) is 38.1 Å². The Bertz CT molecular complexity index is 742. The summed E-state index contributed by atoms with van der Waals surface area (Å²) in [5.74, 6) is 0.790. The van der Waals surface area contributed by atoms with Crippen molar-refractivity contribution >= 4 is 29.0 Å². The minimum Gasteiger partial charge on any atom is -0.368 e. The zero-order valence-corrected chi connectivity index (χ0v) is 15.3. The normalized spacial score (nSPS) is 14.7. The fraction of sp³-hybridized carbons (Fsp3) is 0.368. The molecule has 1 aromatic heterocycles. The van der Waals surface area contributed by atoms with Gasteiger partial charge in [-0.25, -0.2) is 4.98 Å². The number of carbonyl (C=O) groups is 1. The Kier molecular flexibility index (Phi) is 5.43. The molecule has 1 saturated heterocycles. The van der Waals surface area contributed by atoms with Gasteiger partial charge in [-0.15, -0.1) is 0 Å². The fourth-order valence-corrected chi connectivity index (χ4v) is 3.13. The zero-order chi connectivity index (χ0) is 17.8. The van der Waals surface area contributed by atoms with Crippen LogP contribution in [0.5, 0.6) is 0 Å². The van der Waals surface area contributed by atoms with Crippen LogP contribution in [0.3, 0.4) is 0 Å². The summed E-state index contributed by atoms with van der Waals surface area (Å²) in [6, 6.07) is 11.7. The first-order valence-electron chi connectivity index (χ1n) is 8.55. The van der Waals surface area contributed by atoms with Crippen LogP contribution in [0.15, 0.2) is 42.6 Å². The number of nitrogens with one attached hydrogen (secondary N) is 1. The number of pyridine rings is 1. The molecule has 1 aromatic carbocycles. The number of anilines is 2. The first-order valence-corrected chi connectivity index (χ1v) is 8.93. The van der Waals surface area contributed by atoms with E-state index in [4.69, 9.17) is 11.6 Å². The molecule has 0 unspecified atom stereocenters. The Balaban J connectivity index is 1.66.